The lowest BCUT2D eigenvalue weighted by molar-refractivity contribution is -0.124. The average Bonchev–Trinajstić information content (AvgIpc) is 2.54. The monoisotopic (exact) mass is 302 g/mol. The van der Waals surface area contributed by atoms with Gasteiger partial charge < -0.3 is 20.7 Å². The van der Waals surface area contributed by atoms with Gasteiger partial charge in [-0.25, -0.2) is 4.98 Å². The number of anilines is 3. The number of hydrogen-bond donors (Lipinski definition) is 3. The fraction of sp³-hybridized carbons (Fsp3) is 0.286. The average molecular weight is 302 g/mol. The van der Waals surface area contributed by atoms with Gasteiger partial charge >= 0.3 is 0 Å². The molecule has 0 aliphatic heterocycles. The molecule has 8 heteroatoms. The maximum atomic E-state index is 11.2. The highest BCUT2D eigenvalue weighted by atomic mass is 16.5. The van der Waals surface area contributed by atoms with Gasteiger partial charge in [-0.2, -0.15) is 0 Å². The number of pyridine rings is 1. The van der Waals surface area contributed by atoms with Crippen LogP contribution in [0.5, 0.6) is 0 Å². The zero-order valence-corrected chi connectivity index (χ0v) is 12.2. The SMILES string of the molecule is COCC(=O)NCCNc1ccc(Nc2ccccn2)nn1. The van der Waals surface area contributed by atoms with Crippen LogP contribution in [0.2, 0.25) is 0 Å². The first-order valence-electron chi connectivity index (χ1n) is 6.79. The first kappa shape index (κ1) is 15.6. The Morgan fingerprint density at radius 1 is 1.09 bits per heavy atom. The van der Waals surface area contributed by atoms with Crippen LogP contribution >= 0.6 is 0 Å². The lowest BCUT2D eigenvalue weighted by Gasteiger charge is -2.07. The highest BCUT2D eigenvalue weighted by Crippen LogP contribution is 2.11. The van der Waals surface area contributed by atoms with Gasteiger partial charge in [0.05, 0.1) is 0 Å². The van der Waals surface area contributed by atoms with Gasteiger partial charge in [0.1, 0.15) is 18.2 Å². The fourth-order valence-electron chi connectivity index (χ4n) is 1.64. The molecule has 0 atom stereocenters. The molecule has 0 aliphatic rings. The summed E-state index contributed by atoms with van der Waals surface area (Å²) in [6.45, 7) is 1.10. The van der Waals surface area contributed by atoms with Crippen molar-refractivity contribution in [3.8, 4) is 0 Å². The van der Waals surface area contributed by atoms with Gasteiger partial charge in [-0.05, 0) is 24.3 Å². The summed E-state index contributed by atoms with van der Waals surface area (Å²) in [4.78, 5) is 15.3. The van der Waals surface area contributed by atoms with Crippen LogP contribution < -0.4 is 16.0 Å². The Hall–Kier alpha value is -2.74. The zero-order chi connectivity index (χ0) is 15.6. The molecule has 2 heterocycles. The Morgan fingerprint density at radius 2 is 1.91 bits per heavy atom. The molecule has 2 rings (SSSR count). The Bertz CT molecular complexity index is 576. The van der Waals surface area contributed by atoms with Crippen molar-refractivity contribution in [2.45, 2.75) is 0 Å². The van der Waals surface area contributed by atoms with E-state index in [1.54, 1.807) is 18.3 Å². The minimum Gasteiger partial charge on any atom is -0.375 e. The Kier molecular flexibility index (Phi) is 6.06. The second-order valence-corrected chi connectivity index (χ2v) is 4.35. The molecular formula is C14H18N6O2. The normalized spacial score (nSPS) is 10.0. The number of nitrogens with zero attached hydrogens (tertiary/aromatic N) is 3. The molecular weight excluding hydrogens is 284 g/mol. The van der Waals surface area contributed by atoms with E-state index in [1.807, 2.05) is 18.2 Å². The van der Waals surface area contributed by atoms with Crippen molar-refractivity contribution in [3.63, 3.8) is 0 Å². The third-order valence-electron chi connectivity index (χ3n) is 2.61. The quantitative estimate of drug-likeness (QED) is 0.620. The predicted molar refractivity (Wildman–Crippen MR) is 82.9 cm³/mol. The van der Waals surface area contributed by atoms with Crippen molar-refractivity contribution in [1.82, 2.24) is 20.5 Å². The van der Waals surface area contributed by atoms with Crippen molar-refractivity contribution in [2.24, 2.45) is 0 Å². The van der Waals surface area contributed by atoms with Crippen molar-refractivity contribution >= 4 is 23.4 Å². The van der Waals surface area contributed by atoms with E-state index in [9.17, 15) is 4.79 Å². The van der Waals surface area contributed by atoms with Crippen LogP contribution in [0.3, 0.4) is 0 Å². The molecule has 3 N–H and O–H groups in total. The zero-order valence-electron chi connectivity index (χ0n) is 12.2. The molecule has 116 valence electrons. The maximum Gasteiger partial charge on any atom is 0.246 e. The van der Waals surface area contributed by atoms with Crippen LogP contribution in [0.15, 0.2) is 36.5 Å². The molecule has 0 saturated heterocycles. The summed E-state index contributed by atoms with van der Waals surface area (Å²) >= 11 is 0. The van der Waals surface area contributed by atoms with Crippen LogP contribution in [-0.4, -0.2) is 47.9 Å². The highest BCUT2D eigenvalue weighted by molar-refractivity contribution is 5.77. The Balaban J connectivity index is 1.74. The van der Waals surface area contributed by atoms with Crippen LogP contribution in [0, 0.1) is 0 Å². The van der Waals surface area contributed by atoms with Gasteiger partial charge in [0.25, 0.3) is 0 Å². The summed E-state index contributed by atoms with van der Waals surface area (Å²) in [5.41, 5.74) is 0. The molecule has 0 saturated carbocycles. The lowest BCUT2D eigenvalue weighted by Crippen LogP contribution is -2.31. The first-order chi connectivity index (χ1) is 10.8. The number of rotatable bonds is 8. The molecule has 0 spiro atoms. The molecule has 2 aromatic heterocycles. The summed E-state index contributed by atoms with van der Waals surface area (Å²) in [6.07, 6.45) is 1.70. The molecule has 22 heavy (non-hydrogen) atoms. The fourth-order valence-corrected chi connectivity index (χ4v) is 1.64. The molecule has 0 radical (unpaired) electrons. The van der Waals surface area contributed by atoms with E-state index in [0.717, 1.165) is 0 Å². The second-order valence-electron chi connectivity index (χ2n) is 4.35. The predicted octanol–water partition coefficient (Wildman–Crippen LogP) is 0.790. The summed E-state index contributed by atoms with van der Waals surface area (Å²) < 4.78 is 4.71. The standard InChI is InChI=1S/C14H18N6O2/c1-22-10-14(21)17-9-8-16-12-5-6-13(20-19-12)18-11-4-2-3-7-15-11/h2-7H,8-10H2,1H3,(H,16,19)(H,17,21)(H,15,18,20). The molecule has 8 nitrogen and oxygen atoms in total. The van der Waals surface area contributed by atoms with E-state index in [4.69, 9.17) is 4.74 Å². The van der Waals surface area contributed by atoms with E-state index in [2.05, 4.69) is 31.1 Å². The Labute approximate surface area is 128 Å². The number of carbonyl (C=O) groups is 1. The minimum absolute atomic E-state index is 0.0632. The van der Waals surface area contributed by atoms with Gasteiger partial charge in [0.2, 0.25) is 5.91 Å². The second kappa shape index (κ2) is 8.53. The first-order valence-corrected chi connectivity index (χ1v) is 6.79. The molecule has 0 fully saturated rings. The summed E-state index contributed by atoms with van der Waals surface area (Å²) in [6, 6.07) is 9.17. The molecule has 0 bridgehead atoms. The van der Waals surface area contributed by atoms with Crippen LogP contribution in [0.4, 0.5) is 17.5 Å². The third kappa shape index (κ3) is 5.33. The number of carbonyl (C=O) groups excluding carboxylic acids is 1. The van der Waals surface area contributed by atoms with Crippen molar-refractivity contribution in [2.75, 3.05) is 37.4 Å². The summed E-state index contributed by atoms with van der Waals surface area (Å²) in [5, 5.41) is 16.9. The van der Waals surface area contributed by atoms with Gasteiger partial charge in [-0.1, -0.05) is 6.07 Å². The van der Waals surface area contributed by atoms with Gasteiger partial charge in [0, 0.05) is 26.4 Å². The van der Waals surface area contributed by atoms with Crippen molar-refractivity contribution in [1.29, 1.82) is 0 Å². The summed E-state index contributed by atoms with van der Waals surface area (Å²) in [5.74, 6) is 1.80. The van der Waals surface area contributed by atoms with E-state index >= 15 is 0 Å². The van der Waals surface area contributed by atoms with E-state index in [1.165, 1.54) is 7.11 Å². The molecule has 0 aliphatic carbocycles. The van der Waals surface area contributed by atoms with Crippen molar-refractivity contribution < 1.29 is 9.53 Å². The number of ether oxygens (including phenoxy) is 1. The lowest BCUT2D eigenvalue weighted by atomic mass is 10.4. The number of aromatic nitrogens is 3. The van der Waals surface area contributed by atoms with E-state index in [0.29, 0.717) is 30.5 Å². The van der Waals surface area contributed by atoms with Gasteiger partial charge in [-0.15, -0.1) is 10.2 Å². The third-order valence-corrected chi connectivity index (χ3v) is 2.61. The van der Waals surface area contributed by atoms with Gasteiger partial charge in [-0.3, -0.25) is 4.79 Å². The smallest absolute Gasteiger partial charge is 0.246 e. The van der Waals surface area contributed by atoms with E-state index in [-0.39, 0.29) is 12.5 Å². The van der Waals surface area contributed by atoms with E-state index < -0.39 is 0 Å². The topological polar surface area (TPSA) is 101 Å². The number of nitrogens with one attached hydrogen (secondary N) is 3. The number of hydrogen-bond acceptors (Lipinski definition) is 7. The number of amides is 1. The largest absolute Gasteiger partial charge is 0.375 e. The van der Waals surface area contributed by atoms with Crippen LogP contribution in [0.25, 0.3) is 0 Å². The van der Waals surface area contributed by atoms with Crippen molar-refractivity contribution in [3.05, 3.63) is 36.5 Å². The highest BCUT2D eigenvalue weighted by Gasteiger charge is 2.00. The summed E-state index contributed by atoms with van der Waals surface area (Å²) in [7, 11) is 1.48. The Morgan fingerprint density at radius 3 is 2.59 bits per heavy atom. The van der Waals surface area contributed by atoms with Crippen LogP contribution in [-0.2, 0) is 9.53 Å². The van der Waals surface area contributed by atoms with Gasteiger partial charge in [0.15, 0.2) is 5.82 Å². The molecule has 1 amide bonds. The molecule has 2 aromatic rings. The molecule has 0 unspecified atom stereocenters. The number of methoxy groups -OCH3 is 1. The maximum absolute atomic E-state index is 11.2. The van der Waals surface area contributed by atoms with Crippen LogP contribution in [0.1, 0.15) is 0 Å². The minimum atomic E-state index is -0.148. The molecule has 0 aromatic carbocycles.